The Labute approximate surface area is 171 Å². The number of fused-ring (bicyclic) bond motifs is 1. The summed E-state index contributed by atoms with van der Waals surface area (Å²) in [4.78, 5) is 39.3. The highest BCUT2D eigenvalue weighted by Crippen LogP contribution is 2.15. The van der Waals surface area contributed by atoms with Gasteiger partial charge < -0.3 is 9.64 Å². The van der Waals surface area contributed by atoms with E-state index in [0.29, 0.717) is 30.4 Å². The van der Waals surface area contributed by atoms with Crippen molar-refractivity contribution in [1.29, 1.82) is 0 Å². The summed E-state index contributed by atoms with van der Waals surface area (Å²) in [5.74, 6) is -1.02. The summed E-state index contributed by atoms with van der Waals surface area (Å²) in [5.41, 5.74) is 0.661. The van der Waals surface area contributed by atoms with Gasteiger partial charge in [-0.2, -0.15) is 5.10 Å². The van der Waals surface area contributed by atoms with Gasteiger partial charge in [-0.25, -0.2) is 9.48 Å². The molecular weight excluding hydrogens is 370 g/mol. The average molecular weight is 399 g/mol. The highest BCUT2D eigenvalue weighted by Gasteiger charge is 2.20. The molecule has 0 N–H and O–H groups in total. The van der Waals surface area contributed by atoms with Crippen molar-refractivity contribution in [2.75, 3.05) is 19.7 Å². The molecule has 2 rings (SSSR count). The van der Waals surface area contributed by atoms with Gasteiger partial charge in [0, 0.05) is 25.0 Å². The van der Waals surface area contributed by atoms with Gasteiger partial charge in [0.2, 0.25) is 0 Å². The van der Waals surface area contributed by atoms with Crippen LogP contribution in [0.25, 0.3) is 10.8 Å². The van der Waals surface area contributed by atoms with E-state index in [2.05, 4.69) is 18.6 Å². The van der Waals surface area contributed by atoms with E-state index >= 15 is 0 Å². The van der Waals surface area contributed by atoms with Gasteiger partial charge in [-0.3, -0.25) is 9.59 Å². The van der Waals surface area contributed by atoms with Crippen LogP contribution in [-0.4, -0.2) is 46.3 Å². The van der Waals surface area contributed by atoms with Crippen molar-refractivity contribution >= 4 is 22.6 Å². The minimum Gasteiger partial charge on any atom is -0.451 e. The van der Waals surface area contributed by atoms with Crippen LogP contribution in [0.3, 0.4) is 0 Å². The molecule has 0 radical (unpaired) electrons. The monoisotopic (exact) mass is 399 g/mol. The van der Waals surface area contributed by atoms with Crippen LogP contribution in [0, 0.1) is 0 Å². The van der Waals surface area contributed by atoms with Gasteiger partial charge in [0.25, 0.3) is 11.5 Å². The molecule has 0 aliphatic carbocycles. The molecule has 1 aromatic carbocycles. The third-order valence-electron chi connectivity index (χ3n) is 4.56. The maximum Gasteiger partial charge on any atom is 0.359 e. The van der Waals surface area contributed by atoms with Crippen LogP contribution in [0.1, 0.15) is 50.5 Å². The lowest BCUT2D eigenvalue weighted by molar-refractivity contribution is -0.133. The second-order valence-electron chi connectivity index (χ2n) is 7.07. The molecule has 0 fully saturated rings. The zero-order valence-electron chi connectivity index (χ0n) is 17.4. The number of aryl methyl sites for hydroxylation is 1. The maximum atomic E-state index is 12.7. The number of esters is 1. The maximum absolute atomic E-state index is 12.7. The van der Waals surface area contributed by atoms with Crippen molar-refractivity contribution in [2.24, 2.45) is 0 Å². The van der Waals surface area contributed by atoms with Crippen molar-refractivity contribution < 1.29 is 14.3 Å². The number of benzene rings is 1. The first kappa shape index (κ1) is 22.3. The van der Waals surface area contributed by atoms with E-state index in [9.17, 15) is 14.4 Å². The minimum atomic E-state index is -0.717. The SMILES string of the molecule is C=C(C)CN(CC)C(=O)COC(=O)c1nn(CCCCC)c(=O)c2ccccc12. The van der Waals surface area contributed by atoms with E-state index in [0.717, 1.165) is 24.8 Å². The van der Waals surface area contributed by atoms with Gasteiger partial charge in [-0.05, 0) is 26.3 Å². The Morgan fingerprint density at radius 2 is 1.86 bits per heavy atom. The first-order valence-electron chi connectivity index (χ1n) is 9.98. The topological polar surface area (TPSA) is 81.5 Å². The van der Waals surface area contributed by atoms with Crippen molar-refractivity contribution in [2.45, 2.75) is 46.6 Å². The van der Waals surface area contributed by atoms with Crippen molar-refractivity contribution in [1.82, 2.24) is 14.7 Å². The predicted octanol–water partition coefficient (Wildman–Crippen LogP) is 3.17. The molecule has 2 aromatic rings. The number of aromatic nitrogens is 2. The van der Waals surface area contributed by atoms with E-state index in [-0.39, 0.29) is 23.8 Å². The molecule has 0 aliphatic heterocycles. The Bertz CT molecular complexity index is 949. The van der Waals surface area contributed by atoms with Gasteiger partial charge in [0.15, 0.2) is 12.3 Å². The fourth-order valence-corrected chi connectivity index (χ4v) is 3.04. The number of carbonyl (C=O) groups excluding carboxylic acids is 2. The summed E-state index contributed by atoms with van der Waals surface area (Å²) in [6.45, 7) is 10.5. The van der Waals surface area contributed by atoms with Crippen LogP contribution in [0.5, 0.6) is 0 Å². The molecule has 7 heteroatoms. The van der Waals surface area contributed by atoms with E-state index in [1.165, 1.54) is 4.68 Å². The Morgan fingerprint density at radius 1 is 1.17 bits per heavy atom. The number of likely N-dealkylation sites (N-methyl/N-ethyl adjacent to an activating group) is 1. The van der Waals surface area contributed by atoms with Gasteiger partial charge in [0.1, 0.15) is 0 Å². The van der Waals surface area contributed by atoms with Crippen LogP contribution in [0.4, 0.5) is 0 Å². The van der Waals surface area contributed by atoms with E-state index in [1.807, 2.05) is 13.8 Å². The molecule has 156 valence electrons. The molecule has 29 heavy (non-hydrogen) atoms. The largest absolute Gasteiger partial charge is 0.451 e. The Kier molecular flexibility index (Phi) is 8.12. The smallest absolute Gasteiger partial charge is 0.359 e. The molecule has 1 aromatic heterocycles. The quantitative estimate of drug-likeness (QED) is 0.348. The van der Waals surface area contributed by atoms with Crippen LogP contribution in [-0.2, 0) is 16.1 Å². The lowest BCUT2D eigenvalue weighted by Crippen LogP contribution is -2.36. The third kappa shape index (κ3) is 5.76. The zero-order valence-corrected chi connectivity index (χ0v) is 17.4. The highest BCUT2D eigenvalue weighted by molar-refractivity contribution is 6.02. The minimum absolute atomic E-state index is 0.0486. The second-order valence-corrected chi connectivity index (χ2v) is 7.07. The summed E-state index contributed by atoms with van der Waals surface area (Å²) in [6, 6.07) is 6.81. The number of ether oxygens (including phenoxy) is 1. The second kappa shape index (κ2) is 10.5. The predicted molar refractivity (Wildman–Crippen MR) is 113 cm³/mol. The van der Waals surface area contributed by atoms with Crippen molar-refractivity contribution in [3.05, 3.63) is 52.5 Å². The van der Waals surface area contributed by atoms with E-state index < -0.39 is 5.97 Å². The van der Waals surface area contributed by atoms with Gasteiger partial charge in [-0.1, -0.05) is 50.1 Å². The molecule has 0 saturated heterocycles. The van der Waals surface area contributed by atoms with Crippen LogP contribution >= 0.6 is 0 Å². The summed E-state index contributed by atoms with van der Waals surface area (Å²) in [6.07, 6.45) is 2.77. The number of hydrogen-bond donors (Lipinski definition) is 0. The third-order valence-corrected chi connectivity index (χ3v) is 4.56. The zero-order chi connectivity index (χ0) is 21.4. The number of rotatable bonds is 10. The van der Waals surface area contributed by atoms with Crippen LogP contribution < -0.4 is 5.56 Å². The molecule has 0 spiro atoms. The Hall–Kier alpha value is -2.96. The summed E-state index contributed by atoms with van der Waals surface area (Å²) in [7, 11) is 0. The first-order valence-corrected chi connectivity index (χ1v) is 9.98. The van der Waals surface area contributed by atoms with E-state index in [1.54, 1.807) is 29.2 Å². The average Bonchev–Trinajstić information content (AvgIpc) is 2.71. The lowest BCUT2D eigenvalue weighted by Gasteiger charge is -2.20. The van der Waals surface area contributed by atoms with Crippen molar-refractivity contribution in [3.63, 3.8) is 0 Å². The molecule has 0 bridgehead atoms. The molecule has 1 heterocycles. The molecule has 7 nitrogen and oxygen atoms in total. The summed E-state index contributed by atoms with van der Waals surface area (Å²) >= 11 is 0. The molecule has 0 unspecified atom stereocenters. The van der Waals surface area contributed by atoms with Crippen LogP contribution in [0.2, 0.25) is 0 Å². The molecule has 1 amide bonds. The molecule has 0 atom stereocenters. The van der Waals surface area contributed by atoms with E-state index in [4.69, 9.17) is 4.74 Å². The molecular formula is C22H29N3O4. The number of nitrogens with zero attached hydrogens (tertiary/aromatic N) is 3. The van der Waals surface area contributed by atoms with Gasteiger partial charge in [0.05, 0.1) is 5.39 Å². The molecule has 0 saturated carbocycles. The number of carbonyl (C=O) groups is 2. The summed E-state index contributed by atoms with van der Waals surface area (Å²) in [5, 5.41) is 5.09. The normalized spacial score (nSPS) is 10.7. The standard InChI is InChI=1S/C22H29N3O4/c1-5-7-10-13-25-21(27)18-12-9-8-11-17(18)20(23-25)22(28)29-15-19(26)24(6-2)14-16(3)4/h8-9,11-12H,3,5-7,10,13-15H2,1-2,4H3. The fraction of sp³-hybridized carbons (Fsp3) is 0.455. The highest BCUT2D eigenvalue weighted by atomic mass is 16.5. The van der Waals surface area contributed by atoms with Crippen LogP contribution in [0.15, 0.2) is 41.2 Å². The number of hydrogen-bond acceptors (Lipinski definition) is 5. The number of unbranched alkanes of at least 4 members (excludes halogenated alkanes) is 2. The first-order chi connectivity index (χ1) is 13.9. The number of amides is 1. The fourth-order valence-electron chi connectivity index (χ4n) is 3.04. The Balaban J connectivity index is 2.25. The molecule has 0 aliphatic rings. The van der Waals surface area contributed by atoms with Crippen molar-refractivity contribution in [3.8, 4) is 0 Å². The summed E-state index contributed by atoms with van der Waals surface area (Å²) < 4.78 is 6.56. The Morgan fingerprint density at radius 3 is 2.48 bits per heavy atom. The van der Waals surface area contributed by atoms with Gasteiger partial charge >= 0.3 is 5.97 Å². The lowest BCUT2D eigenvalue weighted by atomic mass is 10.1. The van der Waals surface area contributed by atoms with Gasteiger partial charge in [-0.15, -0.1) is 0 Å².